The summed E-state index contributed by atoms with van der Waals surface area (Å²) < 4.78 is 1.69. The largest absolute Gasteiger partial charge is 0.363 e. The molecule has 0 saturated heterocycles. The van der Waals surface area contributed by atoms with Gasteiger partial charge in [-0.2, -0.15) is 5.10 Å². The molecule has 1 aliphatic rings. The van der Waals surface area contributed by atoms with Gasteiger partial charge in [-0.15, -0.1) is 0 Å². The molecular formula is C14H25N5O2. The van der Waals surface area contributed by atoms with Crippen molar-refractivity contribution in [2.75, 3.05) is 26.0 Å². The van der Waals surface area contributed by atoms with Gasteiger partial charge in [-0.25, -0.2) is 4.68 Å². The fourth-order valence-corrected chi connectivity index (χ4v) is 3.26. The van der Waals surface area contributed by atoms with Crippen LogP contribution in [-0.4, -0.2) is 45.8 Å². The molecule has 1 N–H and O–H groups in total. The van der Waals surface area contributed by atoms with Crippen LogP contribution in [0.3, 0.4) is 0 Å². The Hall–Kier alpha value is -1.63. The highest BCUT2D eigenvalue weighted by Crippen LogP contribution is 2.35. The van der Waals surface area contributed by atoms with Gasteiger partial charge in [0.25, 0.3) is 0 Å². The Bertz CT molecular complexity index is 518. The number of hydrogen-bond acceptors (Lipinski definition) is 5. The maximum atomic E-state index is 11.3. The molecule has 1 aromatic rings. The van der Waals surface area contributed by atoms with Crippen LogP contribution in [0.2, 0.25) is 0 Å². The molecule has 1 aliphatic carbocycles. The van der Waals surface area contributed by atoms with E-state index in [1.54, 1.807) is 11.6 Å². The van der Waals surface area contributed by atoms with E-state index < -0.39 is 0 Å². The summed E-state index contributed by atoms with van der Waals surface area (Å²) in [6, 6.07) is 0. The van der Waals surface area contributed by atoms with Crippen LogP contribution in [-0.2, 0) is 6.54 Å². The summed E-state index contributed by atoms with van der Waals surface area (Å²) in [6.45, 7) is 4.96. The second kappa shape index (κ2) is 6.01. The number of aromatic nitrogens is 2. The molecular weight excluding hydrogens is 270 g/mol. The van der Waals surface area contributed by atoms with Crippen LogP contribution in [0.15, 0.2) is 0 Å². The van der Waals surface area contributed by atoms with Crippen LogP contribution in [0.5, 0.6) is 0 Å². The molecule has 1 saturated carbocycles. The summed E-state index contributed by atoms with van der Waals surface area (Å²) in [5.74, 6) is 0.535. The zero-order valence-electron chi connectivity index (χ0n) is 13.3. The minimum absolute atomic E-state index is 0.0879. The van der Waals surface area contributed by atoms with E-state index in [1.807, 2.05) is 6.92 Å². The van der Waals surface area contributed by atoms with E-state index in [0.717, 1.165) is 12.8 Å². The van der Waals surface area contributed by atoms with Crippen molar-refractivity contribution in [3.05, 3.63) is 15.8 Å². The first-order chi connectivity index (χ1) is 9.91. The Morgan fingerprint density at radius 1 is 1.43 bits per heavy atom. The van der Waals surface area contributed by atoms with Gasteiger partial charge in [0.2, 0.25) is 5.82 Å². The van der Waals surface area contributed by atoms with Crippen molar-refractivity contribution in [1.82, 2.24) is 14.7 Å². The quantitative estimate of drug-likeness (QED) is 0.644. The third kappa shape index (κ3) is 2.88. The highest BCUT2D eigenvalue weighted by atomic mass is 16.6. The lowest BCUT2D eigenvalue weighted by atomic mass is 9.96. The van der Waals surface area contributed by atoms with Gasteiger partial charge in [-0.3, -0.25) is 10.1 Å². The fourth-order valence-electron chi connectivity index (χ4n) is 3.26. The topological polar surface area (TPSA) is 76.2 Å². The van der Waals surface area contributed by atoms with Crippen molar-refractivity contribution < 1.29 is 4.92 Å². The molecule has 1 heterocycles. The SMILES string of the molecule is CCn1nc(C)c([N+](=O)[O-])c1NCC1(N(C)C)CCCC1. The van der Waals surface area contributed by atoms with Crippen molar-refractivity contribution in [2.24, 2.45) is 0 Å². The Labute approximate surface area is 125 Å². The van der Waals surface area contributed by atoms with E-state index in [0.29, 0.717) is 24.6 Å². The molecule has 1 fully saturated rings. The molecule has 0 aliphatic heterocycles. The van der Waals surface area contributed by atoms with Gasteiger partial charge in [0.15, 0.2) is 0 Å². The standard InChI is InChI=1S/C14H25N5O2/c1-5-18-13(12(19(20)21)11(2)16-18)15-10-14(17(3)4)8-6-7-9-14/h15H,5-10H2,1-4H3. The normalized spacial score (nSPS) is 17.4. The second-order valence-electron chi connectivity index (χ2n) is 6.03. The number of nitrogens with one attached hydrogen (secondary N) is 1. The third-order valence-electron chi connectivity index (χ3n) is 4.65. The Balaban J connectivity index is 2.25. The first-order valence-corrected chi connectivity index (χ1v) is 7.54. The van der Waals surface area contributed by atoms with Gasteiger partial charge in [0, 0.05) is 18.6 Å². The number of nitrogens with zero attached hydrogens (tertiary/aromatic N) is 4. The fraction of sp³-hybridized carbons (Fsp3) is 0.786. The van der Waals surface area contributed by atoms with Crippen LogP contribution in [0.1, 0.15) is 38.3 Å². The molecule has 7 nitrogen and oxygen atoms in total. The van der Waals surface area contributed by atoms with Crippen LogP contribution >= 0.6 is 0 Å². The Morgan fingerprint density at radius 2 is 2.05 bits per heavy atom. The van der Waals surface area contributed by atoms with E-state index in [4.69, 9.17) is 0 Å². The van der Waals surface area contributed by atoms with Crippen molar-refractivity contribution in [2.45, 2.75) is 51.6 Å². The molecule has 0 radical (unpaired) electrons. The minimum atomic E-state index is -0.339. The lowest BCUT2D eigenvalue weighted by Gasteiger charge is -2.36. The molecule has 21 heavy (non-hydrogen) atoms. The predicted molar refractivity (Wildman–Crippen MR) is 82.7 cm³/mol. The summed E-state index contributed by atoms with van der Waals surface area (Å²) in [5.41, 5.74) is 0.656. The average Bonchev–Trinajstić information content (AvgIpc) is 3.01. The molecule has 0 spiro atoms. The van der Waals surface area contributed by atoms with Gasteiger partial charge in [0.05, 0.1) is 4.92 Å². The first-order valence-electron chi connectivity index (χ1n) is 7.54. The van der Waals surface area contributed by atoms with E-state index >= 15 is 0 Å². The maximum absolute atomic E-state index is 11.3. The second-order valence-corrected chi connectivity index (χ2v) is 6.03. The van der Waals surface area contributed by atoms with Crippen LogP contribution in [0.4, 0.5) is 11.5 Å². The molecule has 0 bridgehead atoms. The summed E-state index contributed by atoms with van der Waals surface area (Å²) in [4.78, 5) is 13.2. The molecule has 2 rings (SSSR count). The predicted octanol–water partition coefficient (Wildman–Crippen LogP) is 2.41. The van der Waals surface area contributed by atoms with Gasteiger partial charge >= 0.3 is 5.69 Å². The van der Waals surface area contributed by atoms with Crippen molar-refractivity contribution in [1.29, 1.82) is 0 Å². The van der Waals surface area contributed by atoms with Crippen LogP contribution in [0.25, 0.3) is 0 Å². The van der Waals surface area contributed by atoms with Crippen molar-refractivity contribution >= 4 is 11.5 Å². The van der Waals surface area contributed by atoms with Gasteiger partial charge in [-0.05, 0) is 40.8 Å². The summed E-state index contributed by atoms with van der Waals surface area (Å²) in [7, 11) is 4.17. The van der Waals surface area contributed by atoms with E-state index in [9.17, 15) is 10.1 Å². The molecule has 0 aromatic carbocycles. The molecule has 118 valence electrons. The molecule has 7 heteroatoms. The maximum Gasteiger partial charge on any atom is 0.333 e. The molecule has 1 aromatic heterocycles. The number of hydrogen-bond donors (Lipinski definition) is 1. The number of nitro groups is 1. The zero-order valence-corrected chi connectivity index (χ0v) is 13.3. The molecule has 0 atom stereocenters. The highest BCUT2D eigenvalue weighted by Gasteiger charge is 2.37. The zero-order chi connectivity index (χ0) is 15.6. The number of aryl methyl sites for hydroxylation is 2. The lowest BCUT2D eigenvalue weighted by Crippen LogP contribution is -2.47. The average molecular weight is 295 g/mol. The van der Waals surface area contributed by atoms with Gasteiger partial charge < -0.3 is 10.2 Å². The van der Waals surface area contributed by atoms with Crippen LogP contribution in [0, 0.1) is 17.0 Å². The number of likely N-dealkylation sites (N-methyl/N-ethyl adjacent to an activating group) is 1. The summed E-state index contributed by atoms with van der Waals surface area (Å²) in [6.07, 6.45) is 4.68. The van der Waals surface area contributed by atoms with Gasteiger partial charge in [0.1, 0.15) is 5.69 Å². The highest BCUT2D eigenvalue weighted by molar-refractivity contribution is 5.59. The third-order valence-corrected chi connectivity index (χ3v) is 4.65. The van der Waals surface area contributed by atoms with Gasteiger partial charge in [-0.1, -0.05) is 12.8 Å². The van der Waals surface area contributed by atoms with Crippen molar-refractivity contribution in [3.8, 4) is 0 Å². The lowest BCUT2D eigenvalue weighted by molar-refractivity contribution is -0.384. The number of anilines is 1. The van der Waals surface area contributed by atoms with Crippen molar-refractivity contribution in [3.63, 3.8) is 0 Å². The van der Waals surface area contributed by atoms with E-state index in [1.165, 1.54) is 12.8 Å². The first kappa shape index (κ1) is 15.8. The monoisotopic (exact) mass is 295 g/mol. The summed E-state index contributed by atoms with van der Waals surface area (Å²) >= 11 is 0. The Morgan fingerprint density at radius 3 is 2.52 bits per heavy atom. The Kier molecular flexibility index (Phi) is 4.51. The van der Waals surface area contributed by atoms with E-state index in [2.05, 4.69) is 29.4 Å². The van der Waals surface area contributed by atoms with E-state index in [-0.39, 0.29) is 16.1 Å². The summed E-state index contributed by atoms with van der Waals surface area (Å²) in [5, 5.41) is 18.9. The molecule has 0 amide bonds. The smallest absolute Gasteiger partial charge is 0.333 e. The molecule has 0 unspecified atom stereocenters. The van der Waals surface area contributed by atoms with Crippen LogP contribution < -0.4 is 5.32 Å². The minimum Gasteiger partial charge on any atom is -0.363 e. The number of rotatable bonds is 6.